The Hall–Kier alpha value is -1.17. The molecular formula is C22H37N5. The Labute approximate surface area is 165 Å². The summed E-state index contributed by atoms with van der Waals surface area (Å²) < 4.78 is 0. The minimum absolute atomic E-state index is 0.866. The molecule has 5 nitrogen and oxygen atoms in total. The number of pyridine rings is 1. The summed E-state index contributed by atoms with van der Waals surface area (Å²) in [6.07, 6.45) is 7.32. The van der Waals surface area contributed by atoms with Crippen LogP contribution >= 0.6 is 0 Å². The summed E-state index contributed by atoms with van der Waals surface area (Å²) in [6, 6.07) is 6.24. The second-order valence-corrected chi connectivity index (χ2v) is 8.97. The van der Waals surface area contributed by atoms with Crippen molar-refractivity contribution in [2.75, 3.05) is 77.4 Å². The highest BCUT2D eigenvalue weighted by molar-refractivity contribution is 5.37. The van der Waals surface area contributed by atoms with E-state index >= 15 is 0 Å². The van der Waals surface area contributed by atoms with Gasteiger partial charge in [-0.3, -0.25) is 0 Å². The summed E-state index contributed by atoms with van der Waals surface area (Å²) in [7, 11) is 2.26. The Morgan fingerprint density at radius 2 is 1.33 bits per heavy atom. The molecule has 27 heavy (non-hydrogen) atoms. The Morgan fingerprint density at radius 3 is 1.85 bits per heavy atom. The van der Waals surface area contributed by atoms with E-state index < -0.39 is 0 Å². The third-order valence-corrected chi connectivity index (χ3v) is 6.92. The molecule has 0 unspecified atom stereocenters. The van der Waals surface area contributed by atoms with Gasteiger partial charge in [0, 0.05) is 58.6 Å². The van der Waals surface area contributed by atoms with Gasteiger partial charge in [-0.2, -0.15) is 0 Å². The maximum absolute atomic E-state index is 4.51. The van der Waals surface area contributed by atoms with Crippen LogP contribution in [0, 0.1) is 11.8 Å². The van der Waals surface area contributed by atoms with Crippen LogP contribution in [0.5, 0.6) is 0 Å². The summed E-state index contributed by atoms with van der Waals surface area (Å²) in [5.74, 6) is 2.95. The van der Waals surface area contributed by atoms with Crippen LogP contribution in [0.25, 0.3) is 0 Å². The number of likely N-dealkylation sites (tertiary alicyclic amines) is 1. The van der Waals surface area contributed by atoms with E-state index in [9.17, 15) is 0 Å². The van der Waals surface area contributed by atoms with Gasteiger partial charge in [0.1, 0.15) is 5.82 Å². The molecule has 150 valence electrons. The number of aromatic nitrogens is 1. The van der Waals surface area contributed by atoms with E-state index in [-0.39, 0.29) is 0 Å². The average molecular weight is 372 g/mol. The fourth-order valence-electron chi connectivity index (χ4n) is 5.01. The minimum Gasteiger partial charge on any atom is -0.357 e. The van der Waals surface area contributed by atoms with Crippen LogP contribution in [-0.4, -0.2) is 92.2 Å². The second kappa shape index (κ2) is 9.35. The van der Waals surface area contributed by atoms with Crippen molar-refractivity contribution in [3.8, 4) is 0 Å². The highest BCUT2D eigenvalue weighted by atomic mass is 15.3. The number of piperidine rings is 2. The van der Waals surface area contributed by atoms with Crippen LogP contribution in [0.4, 0.5) is 5.82 Å². The molecule has 0 amide bonds. The molecule has 0 aliphatic carbocycles. The van der Waals surface area contributed by atoms with Gasteiger partial charge >= 0.3 is 0 Å². The molecule has 1 aromatic heterocycles. The Morgan fingerprint density at radius 1 is 0.778 bits per heavy atom. The van der Waals surface area contributed by atoms with Gasteiger partial charge in [-0.25, -0.2) is 4.98 Å². The van der Waals surface area contributed by atoms with Crippen molar-refractivity contribution in [1.82, 2.24) is 19.7 Å². The average Bonchev–Trinajstić information content (AvgIpc) is 2.72. The molecule has 0 spiro atoms. The van der Waals surface area contributed by atoms with E-state index in [0.717, 1.165) is 30.7 Å². The fraction of sp³-hybridized carbons (Fsp3) is 0.773. The maximum atomic E-state index is 4.51. The second-order valence-electron chi connectivity index (χ2n) is 8.97. The van der Waals surface area contributed by atoms with Crippen molar-refractivity contribution in [3.63, 3.8) is 0 Å². The van der Waals surface area contributed by atoms with Crippen molar-refractivity contribution >= 4 is 5.82 Å². The first kappa shape index (κ1) is 19.2. The lowest BCUT2D eigenvalue weighted by Gasteiger charge is -2.40. The number of hydrogen-bond acceptors (Lipinski definition) is 5. The summed E-state index contributed by atoms with van der Waals surface area (Å²) in [5.41, 5.74) is 0. The van der Waals surface area contributed by atoms with Gasteiger partial charge in [-0.15, -0.1) is 0 Å². The smallest absolute Gasteiger partial charge is 0.128 e. The number of piperazine rings is 1. The quantitative estimate of drug-likeness (QED) is 0.791. The predicted molar refractivity (Wildman–Crippen MR) is 112 cm³/mol. The van der Waals surface area contributed by atoms with Crippen LogP contribution in [-0.2, 0) is 0 Å². The highest BCUT2D eigenvalue weighted by Gasteiger charge is 2.26. The van der Waals surface area contributed by atoms with Crippen LogP contribution in [0.2, 0.25) is 0 Å². The van der Waals surface area contributed by atoms with Gasteiger partial charge in [0.2, 0.25) is 0 Å². The molecule has 5 heteroatoms. The zero-order valence-corrected chi connectivity index (χ0v) is 17.1. The summed E-state index contributed by atoms with van der Waals surface area (Å²) in [6.45, 7) is 12.7. The monoisotopic (exact) mass is 371 g/mol. The van der Waals surface area contributed by atoms with E-state index in [4.69, 9.17) is 0 Å². The standard InChI is InChI=1S/C22H37N5/c1-24-10-5-20(6-11-24)18-25-14-16-26(17-15-25)19-21-7-12-27(13-8-21)22-4-2-3-9-23-22/h2-4,9,20-21H,5-8,10-19H2,1H3. The topological polar surface area (TPSA) is 25.9 Å². The van der Waals surface area contributed by atoms with E-state index in [0.29, 0.717) is 0 Å². The first-order chi connectivity index (χ1) is 13.3. The molecule has 0 bridgehead atoms. The molecular weight excluding hydrogens is 334 g/mol. The van der Waals surface area contributed by atoms with Gasteiger partial charge in [0.25, 0.3) is 0 Å². The predicted octanol–water partition coefficient (Wildman–Crippen LogP) is 2.26. The lowest BCUT2D eigenvalue weighted by molar-refractivity contribution is 0.0880. The molecule has 0 radical (unpaired) electrons. The van der Waals surface area contributed by atoms with E-state index in [1.165, 1.54) is 78.0 Å². The first-order valence-corrected chi connectivity index (χ1v) is 11.1. The van der Waals surface area contributed by atoms with Gasteiger partial charge in [0.05, 0.1) is 0 Å². The normalized spacial score (nSPS) is 25.1. The van der Waals surface area contributed by atoms with Crippen LogP contribution in [0.3, 0.4) is 0 Å². The Balaban J connectivity index is 1.14. The zero-order valence-electron chi connectivity index (χ0n) is 17.1. The minimum atomic E-state index is 0.866. The molecule has 0 atom stereocenters. The van der Waals surface area contributed by atoms with Crippen molar-refractivity contribution < 1.29 is 0 Å². The molecule has 3 aliphatic heterocycles. The molecule has 1 aromatic rings. The molecule has 0 aromatic carbocycles. The summed E-state index contributed by atoms with van der Waals surface area (Å²) in [5, 5.41) is 0. The SMILES string of the molecule is CN1CCC(CN2CCN(CC3CCN(c4ccccn4)CC3)CC2)CC1. The van der Waals surface area contributed by atoms with Crippen molar-refractivity contribution in [2.45, 2.75) is 25.7 Å². The van der Waals surface area contributed by atoms with Crippen LogP contribution < -0.4 is 4.90 Å². The van der Waals surface area contributed by atoms with Gasteiger partial charge in [0.15, 0.2) is 0 Å². The maximum Gasteiger partial charge on any atom is 0.128 e. The molecule has 0 N–H and O–H groups in total. The highest BCUT2D eigenvalue weighted by Crippen LogP contribution is 2.23. The largest absolute Gasteiger partial charge is 0.357 e. The third kappa shape index (κ3) is 5.43. The van der Waals surface area contributed by atoms with Gasteiger partial charge in [-0.05, 0) is 69.8 Å². The van der Waals surface area contributed by atoms with E-state index in [1.54, 1.807) is 0 Å². The van der Waals surface area contributed by atoms with Crippen molar-refractivity contribution in [2.24, 2.45) is 11.8 Å². The number of rotatable bonds is 5. The lowest BCUT2D eigenvalue weighted by Crippen LogP contribution is -2.50. The Bertz CT molecular complexity index is 541. The molecule has 3 aliphatic rings. The molecule has 3 saturated heterocycles. The van der Waals surface area contributed by atoms with Crippen molar-refractivity contribution in [1.29, 1.82) is 0 Å². The van der Waals surface area contributed by atoms with Crippen molar-refractivity contribution in [3.05, 3.63) is 24.4 Å². The van der Waals surface area contributed by atoms with Gasteiger partial charge in [-0.1, -0.05) is 6.07 Å². The molecule has 0 saturated carbocycles. The number of hydrogen-bond donors (Lipinski definition) is 0. The number of nitrogens with zero attached hydrogens (tertiary/aromatic N) is 5. The number of anilines is 1. The molecule has 4 rings (SSSR count). The lowest BCUT2D eigenvalue weighted by atomic mass is 9.95. The molecule has 3 fully saturated rings. The van der Waals surface area contributed by atoms with E-state index in [1.807, 2.05) is 12.3 Å². The fourth-order valence-corrected chi connectivity index (χ4v) is 5.01. The summed E-state index contributed by atoms with van der Waals surface area (Å²) >= 11 is 0. The van der Waals surface area contributed by atoms with Gasteiger partial charge < -0.3 is 19.6 Å². The Kier molecular flexibility index (Phi) is 6.64. The molecule has 4 heterocycles. The van der Waals surface area contributed by atoms with Crippen LogP contribution in [0.15, 0.2) is 24.4 Å². The summed E-state index contributed by atoms with van der Waals surface area (Å²) in [4.78, 5) is 14.9. The van der Waals surface area contributed by atoms with Crippen LogP contribution in [0.1, 0.15) is 25.7 Å². The zero-order chi connectivity index (χ0) is 18.5. The first-order valence-electron chi connectivity index (χ1n) is 11.1. The van der Waals surface area contributed by atoms with E-state index in [2.05, 4.69) is 43.8 Å². The third-order valence-electron chi connectivity index (χ3n) is 6.92.